The van der Waals surface area contributed by atoms with Crippen molar-refractivity contribution in [2.45, 2.75) is 39.3 Å². The predicted octanol–water partition coefficient (Wildman–Crippen LogP) is 2.79. The molecule has 2 aromatic rings. The zero-order valence-electron chi connectivity index (χ0n) is 12.7. The van der Waals surface area contributed by atoms with Crippen LogP contribution >= 0.6 is 0 Å². The van der Waals surface area contributed by atoms with Crippen LogP contribution in [0.4, 0.5) is 0 Å². The molecule has 1 atom stereocenters. The molecule has 112 valence electrons. The van der Waals surface area contributed by atoms with Gasteiger partial charge in [0.2, 0.25) is 0 Å². The zero-order valence-corrected chi connectivity index (χ0v) is 12.7. The van der Waals surface area contributed by atoms with E-state index in [1.807, 2.05) is 25.1 Å². The maximum absolute atomic E-state index is 5.73. The van der Waals surface area contributed by atoms with Crippen molar-refractivity contribution in [3.8, 4) is 17.1 Å². The van der Waals surface area contributed by atoms with Gasteiger partial charge in [-0.15, -0.1) is 10.2 Å². The molecule has 5 heteroatoms. The molecule has 3 rings (SSSR count). The Balaban J connectivity index is 2.01. The summed E-state index contributed by atoms with van der Waals surface area (Å²) in [5, 5.41) is 12.4. The van der Waals surface area contributed by atoms with Gasteiger partial charge in [0, 0.05) is 13.1 Å². The number of nitrogens with zero attached hydrogens (tertiary/aromatic N) is 3. The maximum atomic E-state index is 5.73. The second-order valence-corrected chi connectivity index (χ2v) is 5.26. The van der Waals surface area contributed by atoms with E-state index in [2.05, 4.69) is 33.1 Å². The SMILES string of the molecule is CCCC1NCCn2c(-c3ccccc3OCC)nnc21. The number of nitrogens with one attached hydrogen (secondary N) is 1. The molecule has 0 spiro atoms. The number of para-hydroxylation sites is 1. The van der Waals surface area contributed by atoms with E-state index in [1.54, 1.807) is 0 Å². The molecule has 1 unspecified atom stereocenters. The van der Waals surface area contributed by atoms with Crippen molar-refractivity contribution < 1.29 is 4.74 Å². The number of aromatic nitrogens is 3. The van der Waals surface area contributed by atoms with Crippen molar-refractivity contribution in [3.63, 3.8) is 0 Å². The first-order chi connectivity index (χ1) is 10.3. The van der Waals surface area contributed by atoms with Crippen LogP contribution < -0.4 is 10.1 Å². The Morgan fingerprint density at radius 3 is 2.95 bits per heavy atom. The minimum absolute atomic E-state index is 0.309. The highest BCUT2D eigenvalue weighted by atomic mass is 16.5. The van der Waals surface area contributed by atoms with Crippen LogP contribution in [0.3, 0.4) is 0 Å². The highest BCUT2D eigenvalue weighted by Crippen LogP contribution is 2.31. The van der Waals surface area contributed by atoms with Crippen molar-refractivity contribution in [2.24, 2.45) is 0 Å². The molecule has 0 fully saturated rings. The smallest absolute Gasteiger partial charge is 0.167 e. The fourth-order valence-electron chi connectivity index (χ4n) is 2.89. The Morgan fingerprint density at radius 2 is 2.14 bits per heavy atom. The average Bonchev–Trinajstić information content (AvgIpc) is 2.93. The third-order valence-electron chi connectivity index (χ3n) is 3.82. The van der Waals surface area contributed by atoms with Gasteiger partial charge >= 0.3 is 0 Å². The number of benzene rings is 1. The van der Waals surface area contributed by atoms with Crippen LogP contribution in [0, 0.1) is 0 Å². The first-order valence-corrected chi connectivity index (χ1v) is 7.73. The summed E-state index contributed by atoms with van der Waals surface area (Å²) in [6.45, 7) is 6.70. The summed E-state index contributed by atoms with van der Waals surface area (Å²) in [5.74, 6) is 2.84. The van der Waals surface area contributed by atoms with Gasteiger partial charge in [0.25, 0.3) is 0 Å². The van der Waals surface area contributed by atoms with Gasteiger partial charge in [-0.1, -0.05) is 25.5 Å². The molecule has 1 aromatic heterocycles. The molecule has 5 nitrogen and oxygen atoms in total. The Labute approximate surface area is 125 Å². The van der Waals surface area contributed by atoms with E-state index in [1.165, 1.54) is 0 Å². The van der Waals surface area contributed by atoms with Crippen LogP contribution in [0.5, 0.6) is 5.75 Å². The van der Waals surface area contributed by atoms with E-state index in [-0.39, 0.29) is 0 Å². The Bertz CT molecular complexity index is 608. The third-order valence-corrected chi connectivity index (χ3v) is 3.82. The highest BCUT2D eigenvalue weighted by Gasteiger charge is 2.25. The number of hydrogen-bond donors (Lipinski definition) is 1. The largest absolute Gasteiger partial charge is 0.493 e. The normalized spacial score (nSPS) is 17.5. The summed E-state index contributed by atoms with van der Waals surface area (Å²) in [6, 6.07) is 8.36. The van der Waals surface area contributed by atoms with E-state index in [4.69, 9.17) is 4.74 Å². The molecular weight excluding hydrogens is 264 g/mol. The van der Waals surface area contributed by atoms with Gasteiger partial charge in [0.05, 0.1) is 18.2 Å². The number of rotatable bonds is 5. The quantitative estimate of drug-likeness (QED) is 0.918. The Morgan fingerprint density at radius 1 is 1.29 bits per heavy atom. The fourth-order valence-corrected chi connectivity index (χ4v) is 2.89. The van der Waals surface area contributed by atoms with Gasteiger partial charge in [0.1, 0.15) is 5.75 Å². The lowest BCUT2D eigenvalue weighted by atomic mass is 10.1. The van der Waals surface area contributed by atoms with Gasteiger partial charge in [-0.2, -0.15) is 0 Å². The maximum Gasteiger partial charge on any atom is 0.167 e. The van der Waals surface area contributed by atoms with Gasteiger partial charge in [-0.05, 0) is 25.5 Å². The molecule has 0 saturated carbocycles. The Kier molecular flexibility index (Phi) is 4.20. The molecule has 1 N–H and O–H groups in total. The van der Waals surface area contributed by atoms with Crippen molar-refractivity contribution in [2.75, 3.05) is 13.2 Å². The Hall–Kier alpha value is -1.88. The zero-order chi connectivity index (χ0) is 14.7. The van der Waals surface area contributed by atoms with Gasteiger partial charge < -0.3 is 14.6 Å². The van der Waals surface area contributed by atoms with Crippen molar-refractivity contribution in [3.05, 3.63) is 30.1 Å². The molecule has 0 bridgehead atoms. The molecule has 0 radical (unpaired) electrons. The van der Waals surface area contributed by atoms with E-state index < -0.39 is 0 Å². The topological polar surface area (TPSA) is 52.0 Å². The summed E-state index contributed by atoms with van der Waals surface area (Å²) in [5.41, 5.74) is 1.02. The van der Waals surface area contributed by atoms with Crippen LogP contribution in [-0.4, -0.2) is 27.9 Å². The molecule has 0 aliphatic carbocycles. The van der Waals surface area contributed by atoms with E-state index in [9.17, 15) is 0 Å². The lowest BCUT2D eigenvalue weighted by Gasteiger charge is -2.25. The van der Waals surface area contributed by atoms with Crippen molar-refractivity contribution >= 4 is 0 Å². The minimum Gasteiger partial charge on any atom is -0.493 e. The lowest BCUT2D eigenvalue weighted by Crippen LogP contribution is -2.33. The van der Waals surface area contributed by atoms with Gasteiger partial charge in [0.15, 0.2) is 11.6 Å². The summed E-state index contributed by atoms with van der Waals surface area (Å²) in [7, 11) is 0. The van der Waals surface area contributed by atoms with Crippen LogP contribution in [0.25, 0.3) is 11.4 Å². The molecule has 1 aliphatic rings. The average molecular weight is 286 g/mol. The summed E-state index contributed by atoms with van der Waals surface area (Å²) in [6.07, 6.45) is 2.22. The monoisotopic (exact) mass is 286 g/mol. The second kappa shape index (κ2) is 6.26. The van der Waals surface area contributed by atoms with Crippen LogP contribution in [0.15, 0.2) is 24.3 Å². The molecule has 0 amide bonds. The predicted molar refractivity (Wildman–Crippen MR) is 82.3 cm³/mol. The second-order valence-electron chi connectivity index (χ2n) is 5.26. The summed E-state index contributed by atoms with van der Waals surface area (Å²) < 4.78 is 7.96. The number of ether oxygens (including phenoxy) is 1. The van der Waals surface area contributed by atoms with Gasteiger partial charge in [-0.3, -0.25) is 0 Å². The molecule has 2 heterocycles. The molecule has 21 heavy (non-hydrogen) atoms. The lowest BCUT2D eigenvalue weighted by molar-refractivity contribution is 0.341. The fraction of sp³-hybridized carbons (Fsp3) is 0.500. The first kappa shape index (κ1) is 14.1. The first-order valence-electron chi connectivity index (χ1n) is 7.73. The molecule has 0 saturated heterocycles. The molecule has 1 aromatic carbocycles. The van der Waals surface area contributed by atoms with E-state index in [0.29, 0.717) is 12.6 Å². The van der Waals surface area contributed by atoms with E-state index in [0.717, 1.165) is 48.9 Å². The molecule has 1 aliphatic heterocycles. The standard InChI is InChI=1S/C16H22N4O/c1-3-7-13-16-19-18-15(20(16)11-10-17-13)12-8-5-6-9-14(12)21-4-2/h5-6,8-9,13,17H,3-4,7,10-11H2,1-2H3. The summed E-state index contributed by atoms with van der Waals surface area (Å²) in [4.78, 5) is 0. The number of fused-ring (bicyclic) bond motifs is 1. The van der Waals surface area contributed by atoms with Crippen LogP contribution in [0.2, 0.25) is 0 Å². The van der Waals surface area contributed by atoms with Crippen molar-refractivity contribution in [1.82, 2.24) is 20.1 Å². The van der Waals surface area contributed by atoms with Crippen LogP contribution in [0.1, 0.15) is 38.6 Å². The highest BCUT2D eigenvalue weighted by molar-refractivity contribution is 5.64. The van der Waals surface area contributed by atoms with Crippen LogP contribution in [-0.2, 0) is 6.54 Å². The van der Waals surface area contributed by atoms with Gasteiger partial charge in [-0.25, -0.2) is 0 Å². The minimum atomic E-state index is 0.309. The third kappa shape index (κ3) is 2.65. The number of hydrogen-bond acceptors (Lipinski definition) is 4. The van der Waals surface area contributed by atoms with E-state index >= 15 is 0 Å². The van der Waals surface area contributed by atoms with Crippen molar-refractivity contribution in [1.29, 1.82) is 0 Å². The summed E-state index contributed by atoms with van der Waals surface area (Å²) >= 11 is 0. The molecular formula is C16H22N4O.